The van der Waals surface area contributed by atoms with Gasteiger partial charge in [0.2, 0.25) is 5.91 Å². The van der Waals surface area contributed by atoms with E-state index in [1.165, 1.54) is 0 Å². The Labute approximate surface area is 173 Å². The van der Waals surface area contributed by atoms with Crippen molar-refractivity contribution in [3.8, 4) is 0 Å². The third-order valence-corrected chi connectivity index (χ3v) is 6.11. The van der Waals surface area contributed by atoms with Crippen LogP contribution < -0.4 is 11.1 Å². The zero-order valence-electron chi connectivity index (χ0n) is 16.7. The fourth-order valence-corrected chi connectivity index (χ4v) is 4.28. The standard InChI is InChI=1S/C21H27F4N3O2/c22-12-15-9-16(11-17(10-15)21(23,24)25)18(29)27-13-14-3-7-28(8-4-14)19(30)20(26)5-1-2-6-20/h9-11,14H,1-8,12-13,26H2,(H,27,29). The number of alkyl halides is 4. The van der Waals surface area contributed by atoms with Crippen LogP contribution in [0.2, 0.25) is 0 Å². The molecule has 2 amide bonds. The van der Waals surface area contributed by atoms with Gasteiger partial charge in [0, 0.05) is 25.2 Å². The minimum atomic E-state index is -4.65. The van der Waals surface area contributed by atoms with Gasteiger partial charge >= 0.3 is 6.18 Å². The predicted molar refractivity (Wildman–Crippen MR) is 103 cm³/mol. The number of likely N-dealkylation sites (tertiary alicyclic amines) is 1. The van der Waals surface area contributed by atoms with Gasteiger partial charge in [-0.2, -0.15) is 13.2 Å². The average molecular weight is 429 g/mol. The Morgan fingerprint density at radius 2 is 1.77 bits per heavy atom. The maximum atomic E-state index is 13.0. The summed E-state index contributed by atoms with van der Waals surface area (Å²) in [5.41, 5.74) is 4.04. The lowest BCUT2D eigenvalue weighted by atomic mass is 9.92. The zero-order valence-corrected chi connectivity index (χ0v) is 16.7. The van der Waals surface area contributed by atoms with E-state index in [-0.39, 0.29) is 29.5 Å². The number of benzene rings is 1. The van der Waals surface area contributed by atoms with Gasteiger partial charge in [-0.1, -0.05) is 12.8 Å². The van der Waals surface area contributed by atoms with Crippen molar-refractivity contribution in [1.29, 1.82) is 0 Å². The number of nitrogens with one attached hydrogen (secondary N) is 1. The van der Waals surface area contributed by atoms with Crippen molar-refractivity contribution < 1.29 is 27.2 Å². The monoisotopic (exact) mass is 429 g/mol. The Hall–Kier alpha value is -2.16. The van der Waals surface area contributed by atoms with E-state index in [1.807, 2.05) is 0 Å². The second-order valence-electron chi connectivity index (χ2n) is 8.36. The molecule has 3 rings (SSSR count). The maximum Gasteiger partial charge on any atom is 0.416 e. The molecular formula is C21H27F4N3O2. The molecule has 0 spiro atoms. The Bertz CT molecular complexity index is 783. The molecule has 0 radical (unpaired) electrons. The minimum Gasteiger partial charge on any atom is -0.352 e. The van der Waals surface area contributed by atoms with E-state index < -0.39 is 29.9 Å². The van der Waals surface area contributed by atoms with Crippen molar-refractivity contribution in [3.05, 3.63) is 34.9 Å². The molecule has 5 nitrogen and oxygen atoms in total. The van der Waals surface area contributed by atoms with Crippen LogP contribution in [0.1, 0.15) is 60.0 Å². The van der Waals surface area contributed by atoms with Crippen molar-refractivity contribution in [3.63, 3.8) is 0 Å². The summed E-state index contributed by atoms with van der Waals surface area (Å²) >= 11 is 0. The summed E-state index contributed by atoms with van der Waals surface area (Å²) in [6.45, 7) is 0.302. The van der Waals surface area contributed by atoms with Crippen molar-refractivity contribution in [2.45, 2.75) is 56.9 Å². The lowest BCUT2D eigenvalue weighted by Gasteiger charge is -2.36. The summed E-state index contributed by atoms with van der Waals surface area (Å²) < 4.78 is 51.8. The van der Waals surface area contributed by atoms with Crippen LogP contribution in [-0.4, -0.2) is 41.9 Å². The van der Waals surface area contributed by atoms with Gasteiger partial charge in [0.05, 0.1) is 11.1 Å². The predicted octanol–water partition coefficient (Wildman–Crippen LogP) is 3.41. The molecule has 1 aliphatic heterocycles. The van der Waals surface area contributed by atoms with Crippen LogP contribution in [0.4, 0.5) is 17.6 Å². The normalized spacial score (nSPS) is 19.7. The van der Waals surface area contributed by atoms with E-state index in [1.54, 1.807) is 4.90 Å². The molecule has 30 heavy (non-hydrogen) atoms. The van der Waals surface area contributed by atoms with Crippen LogP contribution >= 0.6 is 0 Å². The Balaban J connectivity index is 1.53. The second kappa shape index (κ2) is 8.91. The molecule has 0 aromatic heterocycles. The molecule has 1 aliphatic carbocycles. The molecule has 1 heterocycles. The summed E-state index contributed by atoms with van der Waals surface area (Å²) in [5.74, 6) is -0.562. The molecule has 3 N–H and O–H groups in total. The molecule has 166 valence electrons. The van der Waals surface area contributed by atoms with E-state index in [0.717, 1.165) is 25.0 Å². The highest BCUT2D eigenvalue weighted by Crippen LogP contribution is 2.32. The number of rotatable bonds is 5. The van der Waals surface area contributed by atoms with Gasteiger partial charge in [0.1, 0.15) is 6.67 Å². The lowest BCUT2D eigenvalue weighted by Crippen LogP contribution is -2.55. The Morgan fingerprint density at radius 3 is 2.33 bits per heavy atom. The van der Waals surface area contributed by atoms with Gasteiger partial charge in [0.15, 0.2) is 0 Å². The van der Waals surface area contributed by atoms with E-state index in [9.17, 15) is 27.2 Å². The largest absolute Gasteiger partial charge is 0.416 e. The second-order valence-corrected chi connectivity index (χ2v) is 8.36. The first kappa shape index (κ1) is 22.5. The molecule has 0 unspecified atom stereocenters. The van der Waals surface area contributed by atoms with Gasteiger partial charge in [-0.15, -0.1) is 0 Å². The number of carbonyl (C=O) groups is 2. The van der Waals surface area contributed by atoms with Gasteiger partial charge < -0.3 is 16.0 Å². The molecule has 0 atom stereocenters. The van der Waals surface area contributed by atoms with Crippen LogP contribution in [0.5, 0.6) is 0 Å². The number of hydrogen-bond donors (Lipinski definition) is 2. The highest BCUT2D eigenvalue weighted by molar-refractivity contribution is 5.94. The number of piperidine rings is 1. The molecule has 1 aromatic carbocycles. The first-order valence-electron chi connectivity index (χ1n) is 10.3. The highest BCUT2D eigenvalue weighted by Gasteiger charge is 2.40. The van der Waals surface area contributed by atoms with Crippen LogP contribution in [-0.2, 0) is 17.6 Å². The summed E-state index contributed by atoms with van der Waals surface area (Å²) in [6, 6.07) is 2.57. The van der Waals surface area contributed by atoms with Crippen molar-refractivity contribution in [1.82, 2.24) is 10.2 Å². The fourth-order valence-electron chi connectivity index (χ4n) is 4.28. The summed E-state index contributed by atoms with van der Waals surface area (Å²) in [4.78, 5) is 26.8. The number of nitrogens with zero attached hydrogens (tertiary/aromatic N) is 1. The highest BCUT2D eigenvalue weighted by atomic mass is 19.4. The van der Waals surface area contributed by atoms with E-state index in [4.69, 9.17) is 5.73 Å². The van der Waals surface area contributed by atoms with Gasteiger partial charge in [-0.3, -0.25) is 9.59 Å². The van der Waals surface area contributed by atoms with E-state index >= 15 is 0 Å². The molecule has 1 aromatic rings. The Kier molecular flexibility index (Phi) is 6.69. The van der Waals surface area contributed by atoms with Crippen molar-refractivity contribution >= 4 is 11.8 Å². The SMILES string of the molecule is NC1(C(=O)N2CCC(CNC(=O)c3cc(CF)cc(C(F)(F)F)c3)CC2)CCCC1. The number of amides is 2. The van der Waals surface area contributed by atoms with Crippen LogP contribution in [0, 0.1) is 5.92 Å². The quantitative estimate of drug-likeness (QED) is 0.705. The number of hydrogen-bond acceptors (Lipinski definition) is 3. The van der Waals surface area contributed by atoms with Crippen molar-refractivity contribution in [2.24, 2.45) is 11.7 Å². The topological polar surface area (TPSA) is 75.4 Å². The van der Waals surface area contributed by atoms with E-state index in [0.29, 0.717) is 44.8 Å². The summed E-state index contributed by atoms with van der Waals surface area (Å²) in [7, 11) is 0. The van der Waals surface area contributed by atoms with Crippen molar-refractivity contribution in [2.75, 3.05) is 19.6 Å². The zero-order chi connectivity index (χ0) is 21.9. The third-order valence-electron chi connectivity index (χ3n) is 6.11. The third kappa shape index (κ3) is 5.11. The minimum absolute atomic E-state index is 0.00907. The Morgan fingerprint density at radius 1 is 1.13 bits per heavy atom. The van der Waals surface area contributed by atoms with Gasteiger partial charge in [0.25, 0.3) is 5.91 Å². The van der Waals surface area contributed by atoms with Gasteiger partial charge in [-0.05, 0) is 55.4 Å². The van der Waals surface area contributed by atoms with Crippen LogP contribution in [0.3, 0.4) is 0 Å². The molecular weight excluding hydrogens is 402 g/mol. The average Bonchev–Trinajstić information content (AvgIpc) is 3.18. The number of nitrogens with two attached hydrogens (primary N) is 1. The summed E-state index contributed by atoms with van der Waals surface area (Å²) in [5, 5.41) is 2.65. The molecule has 0 bridgehead atoms. The van der Waals surface area contributed by atoms with E-state index in [2.05, 4.69) is 5.32 Å². The molecule has 9 heteroatoms. The van der Waals surface area contributed by atoms with Crippen LogP contribution in [0.25, 0.3) is 0 Å². The summed E-state index contributed by atoms with van der Waals surface area (Å²) in [6.07, 6.45) is 0.0498. The molecule has 2 aliphatic rings. The number of carbonyl (C=O) groups excluding carboxylic acids is 2. The van der Waals surface area contributed by atoms with Gasteiger partial charge in [-0.25, -0.2) is 4.39 Å². The smallest absolute Gasteiger partial charge is 0.352 e. The molecule has 1 saturated carbocycles. The maximum absolute atomic E-state index is 13.0. The lowest BCUT2D eigenvalue weighted by molar-refractivity contribution is -0.138. The first-order valence-corrected chi connectivity index (χ1v) is 10.3. The molecule has 2 fully saturated rings. The van der Waals surface area contributed by atoms with Crippen LogP contribution in [0.15, 0.2) is 18.2 Å². The fraction of sp³-hybridized carbons (Fsp3) is 0.619. The number of halogens is 4. The molecule has 1 saturated heterocycles. The first-order chi connectivity index (χ1) is 14.1.